The van der Waals surface area contributed by atoms with Crippen molar-refractivity contribution in [1.82, 2.24) is 20.3 Å². The third-order valence-corrected chi connectivity index (χ3v) is 3.54. The minimum atomic E-state index is 0.210. The molecule has 7 heteroatoms. The quantitative estimate of drug-likeness (QED) is 0.534. The van der Waals surface area contributed by atoms with Gasteiger partial charge < -0.3 is 13.7 Å². The summed E-state index contributed by atoms with van der Waals surface area (Å²) in [7, 11) is 0. The van der Waals surface area contributed by atoms with Crippen LogP contribution in [0.4, 0.5) is 0 Å². The zero-order chi connectivity index (χ0) is 16.9. The highest BCUT2D eigenvalue weighted by Crippen LogP contribution is 2.20. The van der Waals surface area contributed by atoms with E-state index >= 15 is 0 Å². The van der Waals surface area contributed by atoms with E-state index in [1.165, 1.54) is 6.39 Å². The summed E-state index contributed by atoms with van der Waals surface area (Å²) in [6, 6.07) is 17.3. The first-order chi connectivity index (χ1) is 12.4. The van der Waals surface area contributed by atoms with Crippen LogP contribution in [0.3, 0.4) is 0 Å². The Bertz CT molecular complexity index is 919. The normalized spacial score (nSPS) is 10.7. The van der Waals surface area contributed by atoms with Crippen molar-refractivity contribution in [3.63, 3.8) is 0 Å². The van der Waals surface area contributed by atoms with Gasteiger partial charge in [0.25, 0.3) is 5.89 Å². The highest BCUT2D eigenvalue weighted by atomic mass is 16.5. The molecule has 0 fully saturated rings. The van der Waals surface area contributed by atoms with Crippen molar-refractivity contribution < 1.29 is 13.7 Å². The minimum absolute atomic E-state index is 0.210. The molecule has 4 rings (SSSR count). The average Bonchev–Trinajstić information content (AvgIpc) is 3.33. The summed E-state index contributed by atoms with van der Waals surface area (Å²) in [6.45, 7) is 0.210. The summed E-state index contributed by atoms with van der Waals surface area (Å²) >= 11 is 0. The van der Waals surface area contributed by atoms with E-state index in [9.17, 15) is 0 Å². The summed E-state index contributed by atoms with van der Waals surface area (Å²) in [5.74, 6) is 2.23. The van der Waals surface area contributed by atoms with E-state index in [4.69, 9.17) is 13.7 Å². The van der Waals surface area contributed by atoms with Gasteiger partial charge in [-0.15, -0.1) is 10.2 Å². The van der Waals surface area contributed by atoms with Crippen LogP contribution in [0, 0.1) is 0 Å². The van der Waals surface area contributed by atoms with Crippen LogP contribution < -0.4 is 4.74 Å². The number of hydrogen-bond donors (Lipinski definition) is 0. The molecule has 0 N–H and O–H groups in total. The lowest BCUT2D eigenvalue weighted by Gasteiger charge is -2.03. The van der Waals surface area contributed by atoms with Gasteiger partial charge in [-0.1, -0.05) is 35.5 Å². The van der Waals surface area contributed by atoms with Crippen LogP contribution in [-0.2, 0) is 13.0 Å². The van der Waals surface area contributed by atoms with Gasteiger partial charge in [0.1, 0.15) is 5.75 Å². The molecule has 0 radical (unpaired) electrons. The van der Waals surface area contributed by atoms with E-state index < -0.39 is 0 Å². The topological polar surface area (TPSA) is 87.1 Å². The van der Waals surface area contributed by atoms with Gasteiger partial charge in [-0.3, -0.25) is 0 Å². The van der Waals surface area contributed by atoms with Crippen molar-refractivity contribution in [2.24, 2.45) is 0 Å². The monoisotopic (exact) mass is 334 g/mol. The molecule has 0 amide bonds. The highest BCUT2D eigenvalue weighted by Gasteiger charge is 2.08. The predicted molar refractivity (Wildman–Crippen MR) is 87.6 cm³/mol. The number of aromatic nitrogens is 4. The maximum Gasteiger partial charge on any atom is 0.264 e. The highest BCUT2D eigenvalue weighted by molar-refractivity contribution is 5.53. The van der Waals surface area contributed by atoms with Gasteiger partial charge in [-0.25, -0.2) is 0 Å². The number of nitrogens with zero attached hydrogens (tertiary/aromatic N) is 4. The van der Waals surface area contributed by atoms with Gasteiger partial charge in [0.2, 0.25) is 12.3 Å². The van der Waals surface area contributed by atoms with E-state index in [1.807, 2.05) is 54.6 Å². The molecule has 0 aliphatic rings. The molecule has 0 atom stereocenters. The van der Waals surface area contributed by atoms with Crippen LogP contribution >= 0.6 is 0 Å². The molecule has 0 spiro atoms. The van der Waals surface area contributed by atoms with Crippen molar-refractivity contribution >= 4 is 0 Å². The lowest BCUT2D eigenvalue weighted by molar-refractivity contribution is 0.242. The fourth-order valence-corrected chi connectivity index (χ4v) is 2.34. The van der Waals surface area contributed by atoms with Crippen molar-refractivity contribution in [3.8, 4) is 17.2 Å². The van der Waals surface area contributed by atoms with Gasteiger partial charge in [-0.05, 0) is 29.8 Å². The van der Waals surface area contributed by atoms with E-state index in [-0.39, 0.29) is 6.61 Å². The first-order valence-corrected chi connectivity index (χ1v) is 7.71. The van der Waals surface area contributed by atoms with Crippen molar-refractivity contribution in [2.45, 2.75) is 13.0 Å². The molecule has 4 aromatic rings. The van der Waals surface area contributed by atoms with Crippen LogP contribution in [0.25, 0.3) is 11.5 Å². The molecule has 2 aromatic carbocycles. The minimum Gasteiger partial charge on any atom is -0.484 e. The molecule has 0 saturated carbocycles. The molecule has 0 aliphatic heterocycles. The zero-order valence-corrected chi connectivity index (χ0v) is 13.2. The smallest absolute Gasteiger partial charge is 0.264 e. The summed E-state index contributed by atoms with van der Waals surface area (Å²) in [6.07, 6.45) is 1.92. The van der Waals surface area contributed by atoms with Gasteiger partial charge in [0.05, 0.1) is 0 Å². The molecule has 7 nitrogen and oxygen atoms in total. The van der Waals surface area contributed by atoms with Crippen molar-refractivity contribution in [2.75, 3.05) is 0 Å². The molecule has 25 heavy (non-hydrogen) atoms. The molecule has 124 valence electrons. The molecule has 2 aromatic heterocycles. The van der Waals surface area contributed by atoms with Gasteiger partial charge in [0.15, 0.2) is 12.4 Å². The lowest BCUT2D eigenvalue weighted by atomic mass is 10.1. The fraction of sp³-hybridized carbons (Fsp3) is 0.111. The Kier molecular flexibility index (Phi) is 4.20. The maximum atomic E-state index is 5.67. The SMILES string of the molecule is c1ccc(Cc2noc(COc3ccc(-c4nnco4)cc3)n2)cc1. The summed E-state index contributed by atoms with van der Waals surface area (Å²) < 4.78 is 16.0. The molecular formula is C18H14N4O3. The standard InChI is InChI=1S/C18H14N4O3/c1-2-4-13(5-3-1)10-16-20-17(25-22-16)11-23-15-8-6-14(7-9-15)18-21-19-12-24-18/h1-9,12H,10-11H2. The lowest BCUT2D eigenvalue weighted by Crippen LogP contribution is -1.96. The van der Waals surface area contributed by atoms with E-state index in [0.717, 1.165) is 11.1 Å². The fourth-order valence-electron chi connectivity index (χ4n) is 2.34. The average molecular weight is 334 g/mol. The Labute approximate surface area is 143 Å². The number of benzene rings is 2. The van der Waals surface area contributed by atoms with Gasteiger partial charge in [-0.2, -0.15) is 4.98 Å². The Balaban J connectivity index is 1.35. The molecule has 0 bridgehead atoms. The van der Waals surface area contributed by atoms with Crippen LogP contribution in [-0.4, -0.2) is 20.3 Å². The first kappa shape index (κ1) is 15.1. The summed E-state index contributed by atoms with van der Waals surface area (Å²) in [5, 5.41) is 11.5. The molecule has 0 unspecified atom stereocenters. The summed E-state index contributed by atoms with van der Waals surface area (Å²) in [4.78, 5) is 4.34. The van der Waals surface area contributed by atoms with Gasteiger partial charge in [0, 0.05) is 12.0 Å². The molecule has 2 heterocycles. The largest absolute Gasteiger partial charge is 0.484 e. The van der Waals surface area contributed by atoms with E-state index in [0.29, 0.717) is 29.8 Å². The second-order valence-electron chi connectivity index (χ2n) is 5.32. The Morgan fingerprint density at radius 1 is 0.960 bits per heavy atom. The second kappa shape index (κ2) is 6.96. The van der Waals surface area contributed by atoms with E-state index in [2.05, 4.69) is 20.3 Å². The third kappa shape index (κ3) is 3.72. The number of rotatable bonds is 6. The Morgan fingerprint density at radius 2 is 1.80 bits per heavy atom. The third-order valence-electron chi connectivity index (χ3n) is 3.54. The predicted octanol–water partition coefficient (Wildman–Crippen LogP) is 3.29. The van der Waals surface area contributed by atoms with Crippen molar-refractivity contribution in [3.05, 3.63) is 78.3 Å². The second-order valence-corrected chi connectivity index (χ2v) is 5.32. The first-order valence-electron chi connectivity index (χ1n) is 7.71. The summed E-state index contributed by atoms with van der Waals surface area (Å²) in [5.41, 5.74) is 1.96. The van der Waals surface area contributed by atoms with Crippen LogP contribution in [0.2, 0.25) is 0 Å². The van der Waals surface area contributed by atoms with Crippen LogP contribution in [0.15, 0.2) is 69.9 Å². The van der Waals surface area contributed by atoms with E-state index in [1.54, 1.807) is 0 Å². The van der Waals surface area contributed by atoms with Crippen LogP contribution in [0.1, 0.15) is 17.3 Å². The number of ether oxygens (including phenoxy) is 1. The molecule has 0 aliphatic carbocycles. The number of hydrogen-bond acceptors (Lipinski definition) is 7. The van der Waals surface area contributed by atoms with Gasteiger partial charge >= 0.3 is 0 Å². The Morgan fingerprint density at radius 3 is 2.56 bits per heavy atom. The maximum absolute atomic E-state index is 5.67. The van der Waals surface area contributed by atoms with Crippen molar-refractivity contribution in [1.29, 1.82) is 0 Å². The Hall–Kier alpha value is -3.48. The van der Waals surface area contributed by atoms with Crippen LogP contribution in [0.5, 0.6) is 5.75 Å². The zero-order valence-electron chi connectivity index (χ0n) is 13.2. The molecular weight excluding hydrogens is 320 g/mol. The molecule has 0 saturated heterocycles.